The lowest BCUT2D eigenvalue weighted by molar-refractivity contribution is 0.944. The molecule has 0 amide bonds. The minimum Gasteiger partial charge on any atom is -0.323 e. The maximum Gasteiger partial charge on any atom is 0.176 e. The van der Waals surface area contributed by atoms with Gasteiger partial charge in [-0.25, -0.2) is 0 Å². The first-order valence-electron chi connectivity index (χ1n) is 2.72. The van der Waals surface area contributed by atoms with Crippen molar-refractivity contribution in [2.24, 2.45) is 0 Å². The topological polar surface area (TPSA) is 35.8 Å². The van der Waals surface area contributed by atoms with E-state index >= 15 is 0 Å². The molecular formula is C6H10N2S. The highest BCUT2D eigenvalue weighted by Gasteiger charge is 1.82. The highest BCUT2D eigenvalue weighted by molar-refractivity contribution is 7.99. The van der Waals surface area contributed by atoms with Gasteiger partial charge in [0.25, 0.3) is 0 Å². The van der Waals surface area contributed by atoms with Gasteiger partial charge in [0.15, 0.2) is 6.19 Å². The summed E-state index contributed by atoms with van der Waals surface area (Å²) in [6, 6.07) is 0. The molecule has 0 saturated heterocycles. The number of nitrogens with zero attached hydrogens (tertiary/aromatic N) is 1. The number of thioether (sulfide) groups is 1. The maximum absolute atomic E-state index is 8.03. The first-order valence-corrected chi connectivity index (χ1v) is 3.88. The molecule has 0 spiro atoms. The summed E-state index contributed by atoms with van der Waals surface area (Å²) >= 11 is 1.76. The fraction of sp³-hybridized carbons (Fsp3) is 0.500. The molecule has 0 fully saturated rings. The van der Waals surface area contributed by atoms with Crippen LogP contribution in [-0.4, -0.2) is 18.1 Å². The van der Waals surface area contributed by atoms with Crippen molar-refractivity contribution in [2.45, 2.75) is 0 Å². The van der Waals surface area contributed by atoms with Crippen molar-refractivity contribution in [3.8, 4) is 6.19 Å². The molecule has 0 saturated carbocycles. The van der Waals surface area contributed by atoms with Gasteiger partial charge >= 0.3 is 0 Å². The highest BCUT2D eigenvalue weighted by atomic mass is 32.2. The van der Waals surface area contributed by atoms with Crippen LogP contribution in [0.15, 0.2) is 12.7 Å². The van der Waals surface area contributed by atoms with Crippen LogP contribution in [-0.2, 0) is 0 Å². The minimum absolute atomic E-state index is 0.759. The molecule has 0 aliphatic carbocycles. The quantitative estimate of drug-likeness (QED) is 0.269. The number of rotatable bonds is 5. The molecule has 0 aromatic heterocycles. The summed E-state index contributed by atoms with van der Waals surface area (Å²) < 4.78 is 0. The average Bonchev–Trinajstić information content (AvgIpc) is 1.89. The third kappa shape index (κ3) is 7.38. The Bertz CT molecular complexity index is 106. The third-order valence-corrected chi connectivity index (χ3v) is 1.65. The Labute approximate surface area is 59.9 Å². The molecule has 0 bridgehead atoms. The fourth-order valence-electron chi connectivity index (χ4n) is 0.346. The largest absolute Gasteiger partial charge is 0.323 e. The molecule has 0 aliphatic rings. The van der Waals surface area contributed by atoms with Crippen LogP contribution in [0.1, 0.15) is 0 Å². The molecule has 0 heterocycles. The molecule has 0 unspecified atom stereocenters. The van der Waals surface area contributed by atoms with E-state index < -0.39 is 0 Å². The number of nitrogens with one attached hydrogen (secondary N) is 1. The molecule has 0 rings (SSSR count). The lowest BCUT2D eigenvalue weighted by atomic mass is 10.7. The summed E-state index contributed by atoms with van der Waals surface area (Å²) in [6.45, 7) is 4.33. The second-order valence-electron chi connectivity index (χ2n) is 1.40. The first-order chi connectivity index (χ1) is 4.41. The predicted octanol–water partition coefficient (Wildman–Crippen LogP) is 0.976. The van der Waals surface area contributed by atoms with E-state index in [1.54, 1.807) is 11.8 Å². The predicted molar refractivity (Wildman–Crippen MR) is 41.1 cm³/mol. The van der Waals surface area contributed by atoms with Gasteiger partial charge in [-0.2, -0.15) is 17.0 Å². The second kappa shape index (κ2) is 7.38. The molecule has 0 aromatic carbocycles. The molecule has 1 N–H and O–H groups in total. The zero-order chi connectivity index (χ0) is 6.95. The van der Waals surface area contributed by atoms with Crippen LogP contribution in [0.4, 0.5) is 0 Å². The number of hydrogen-bond donors (Lipinski definition) is 1. The molecular weight excluding hydrogens is 132 g/mol. The van der Waals surface area contributed by atoms with E-state index in [1.807, 2.05) is 12.3 Å². The normalized spacial score (nSPS) is 7.89. The summed E-state index contributed by atoms with van der Waals surface area (Å²) in [7, 11) is 0. The molecule has 0 atom stereocenters. The van der Waals surface area contributed by atoms with Crippen LogP contribution < -0.4 is 5.32 Å². The van der Waals surface area contributed by atoms with Crippen molar-refractivity contribution in [1.82, 2.24) is 5.32 Å². The van der Waals surface area contributed by atoms with Gasteiger partial charge in [-0.15, -0.1) is 6.58 Å². The van der Waals surface area contributed by atoms with E-state index in [4.69, 9.17) is 5.26 Å². The van der Waals surface area contributed by atoms with Crippen molar-refractivity contribution in [2.75, 3.05) is 18.1 Å². The maximum atomic E-state index is 8.03. The number of nitriles is 1. The lowest BCUT2D eigenvalue weighted by Crippen LogP contribution is -2.09. The van der Waals surface area contributed by atoms with E-state index in [0.29, 0.717) is 0 Å². The van der Waals surface area contributed by atoms with Crippen molar-refractivity contribution < 1.29 is 0 Å². The van der Waals surface area contributed by atoms with Crippen molar-refractivity contribution in [1.29, 1.82) is 5.26 Å². The van der Waals surface area contributed by atoms with E-state index in [-0.39, 0.29) is 0 Å². The van der Waals surface area contributed by atoms with Crippen LogP contribution in [0, 0.1) is 11.5 Å². The van der Waals surface area contributed by atoms with E-state index in [2.05, 4.69) is 11.9 Å². The molecule has 3 heteroatoms. The first kappa shape index (κ1) is 8.38. The molecule has 2 nitrogen and oxygen atoms in total. The van der Waals surface area contributed by atoms with Crippen LogP contribution in [0.2, 0.25) is 0 Å². The van der Waals surface area contributed by atoms with Gasteiger partial charge in [0.05, 0.1) is 0 Å². The smallest absolute Gasteiger partial charge is 0.176 e. The van der Waals surface area contributed by atoms with E-state index in [0.717, 1.165) is 18.1 Å². The van der Waals surface area contributed by atoms with Crippen LogP contribution >= 0.6 is 11.8 Å². The SMILES string of the molecule is C=CCSCCNC#N. The molecule has 9 heavy (non-hydrogen) atoms. The van der Waals surface area contributed by atoms with Crippen LogP contribution in [0.3, 0.4) is 0 Å². The summed E-state index contributed by atoms with van der Waals surface area (Å²) in [5, 5.41) is 10.6. The Kier molecular flexibility index (Phi) is 6.87. The van der Waals surface area contributed by atoms with Gasteiger partial charge in [-0.3, -0.25) is 0 Å². The van der Waals surface area contributed by atoms with Crippen LogP contribution in [0.5, 0.6) is 0 Å². The van der Waals surface area contributed by atoms with Gasteiger partial charge in [-0.05, 0) is 0 Å². The molecule has 0 aromatic rings. The Morgan fingerprint density at radius 3 is 3.11 bits per heavy atom. The fourth-order valence-corrected chi connectivity index (χ4v) is 0.926. The van der Waals surface area contributed by atoms with Gasteiger partial charge in [0.1, 0.15) is 0 Å². The molecule has 0 aliphatic heterocycles. The molecule has 50 valence electrons. The van der Waals surface area contributed by atoms with Gasteiger partial charge in [0.2, 0.25) is 0 Å². The average molecular weight is 142 g/mol. The van der Waals surface area contributed by atoms with Gasteiger partial charge in [-0.1, -0.05) is 6.08 Å². The second-order valence-corrected chi connectivity index (χ2v) is 2.55. The standard InChI is InChI=1S/C6H10N2S/c1-2-4-9-5-3-8-6-7/h2,8H,1,3-5H2. The van der Waals surface area contributed by atoms with Crippen molar-refractivity contribution in [3.05, 3.63) is 12.7 Å². The summed E-state index contributed by atoms with van der Waals surface area (Å²) in [6.07, 6.45) is 3.71. The summed E-state index contributed by atoms with van der Waals surface area (Å²) in [5.74, 6) is 1.94. The van der Waals surface area contributed by atoms with Crippen molar-refractivity contribution in [3.63, 3.8) is 0 Å². The summed E-state index contributed by atoms with van der Waals surface area (Å²) in [4.78, 5) is 0. The Hall–Kier alpha value is -0.620. The van der Waals surface area contributed by atoms with Crippen LogP contribution in [0.25, 0.3) is 0 Å². The van der Waals surface area contributed by atoms with E-state index in [9.17, 15) is 0 Å². The lowest BCUT2D eigenvalue weighted by Gasteiger charge is -1.93. The Morgan fingerprint density at radius 1 is 1.78 bits per heavy atom. The zero-order valence-electron chi connectivity index (χ0n) is 5.26. The minimum atomic E-state index is 0.759. The van der Waals surface area contributed by atoms with Gasteiger partial charge < -0.3 is 5.32 Å². The highest BCUT2D eigenvalue weighted by Crippen LogP contribution is 1.96. The molecule has 0 radical (unpaired) electrons. The number of hydrogen-bond acceptors (Lipinski definition) is 3. The van der Waals surface area contributed by atoms with Gasteiger partial charge in [0, 0.05) is 18.1 Å². The zero-order valence-corrected chi connectivity index (χ0v) is 6.08. The van der Waals surface area contributed by atoms with Crippen molar-refractivity contribution >= 4 is 11.8 Å². The Balaban J connectivity index is 2.76. The monoisotopic (exact) mass is 142 g/mol. The Morgan fingerprint density at radius 2 is 2.56 bits per heavy atom. The van der Waals surface area contributed by atoms with E-state index in [1.165, 1.54) is 0 Å². The third-order valence-electron chi connectivity index (χ3n) is 0.686. The summed E-state index contributed by atoms with van der Waals surface area (Å²) in [5.41, 5.74) is 0.